The zero-order valence-corrected chi connectivity index (χ0v) is 35.1. The molecule has 4 N–H and O–H groups in total. The van der Waals surface area contributed by atoms with Crippen LogP contribution in [0.3, 0.4) is 0 Å². The van der Waals surface area contributed by atoms with Gasteiger partial charge in [-0.15, -0.1) is 0 Å². The topological polar surface area (TPSA) is 155 Å². The largest absolute Gasteiger partial charge is 0.472 e. The van der Waals surface area contributed by atoms with Crippen LogP contribution in [0.4, 0.5) is 0 Å². The molecular formula is C45H72NO9P. The van der Waals surface area contributed by atoms with E-state index in [2.05, 4.69) is 86.8 Å². The standard InChI is InChI=1S/C45H72NO9P/c1-3-5-7-9-11-13-15-17-18-20-22-24-26-28-32-36-44(48)52-40-43(41-54-56(50,51)53-39-38-46)55-45(49)37-33-29-31-35-42(47)34-30-27-25-23-21-19-16-14-12-10-8-6-4-2/h6,8,11-14,17-19,21-22,24-25,27,29-31,34,42-43,47H,3-5,7,9-10,15-16,20,23,26,28,32-33,35-41,46H2,1-2H3,(H,50,51)/b8-6-,13-11-,14-12-,18-17-,21-19-,24-22-,27-25-,31-29-,34-30-/t42?,43-/m1/s1. The Morgan fingerprint density at radius 2 is 1.21 bits per heavy atom. The fraction of sp³-hybridized carbons (Fsp3) is 0.556. The summed E-state index contributed by atoms with van der Waals surface area (Å²) in [4.78, 5) is 34.8. The van der Waals surface area contributed by atoms with Gasteiger partial charge in [-0.3, -0.25) is 18.6 Å². The smallest absolute Gasteiger partial charge is 0.462 e. The SMILES string of the molecule is CC/C=C\C/C=C\C/C=C\C/C=C\C=C/C(O)C/C=C\CCC(=O)O[C@H](COC(=O)CCCC/C=C\C/C=C\C/C=C\CCCCC)COP(=O)(O)OCCN. The monoisotopic (exact) mass is 801 g/mol. The first-order chi connectivity index (χ1) is 27.2. The quantitative estimate of drug-likeness (QED) is 0.0183. The third-order valence-electron chi connectivity index (χ3n) is 7.74. The minimum absolute atomic E-state index is 0.00871. The van der Waals surface area contributed by atoms with Crippen molar-refractivity contribution in [3.63, 3.8) is 0 Å². The van der Waals surface area contributed by atoms with E-state index in [1.165, 1.54) is 19.3 Å². The number of carbonyl (C=O) groups is 2. The number of phosphoric ester groups is 1. The first-order valence-electron chi connectivity index (χ1n) is 20.5. The third kappa shape index (κ3) is 38.9. The van der Waals surface area contributed by atoms with E-state index < -0.39 is 38.6 Å². The highest BCUT2D eigenvalue weighted by molar-refractivity contribution is 7.47. The molecule has 10 nitrogen and oxygen atoms in total. The Hall–Kier alpha value is -3.37. The van der Waals surface area contributed by atoms with Crippen LogP contribution < -0.4 is 5.73 Å². The number of aliphatic hydroxyl groups excluding tert-OH is 1. The lowest BCUT2D eigenvalue weighted by Gasteiger charge is -2.19. The van der Waals surface area contributed by atoms with E-state index in [0.29, 0.717) is 19.3 Å². The van der Waals surface area contributed by atoms with Gasteiger partial charge in [0.2, 0.25) is 0 Å². The molecule has 0 rings (SSSR count). The molecule has 0 saturated carbocycles. The Labute approximate surface area is 338 Å². The number of unbranched alkanes of at least 4 members (excludes halogenated alkanes) is 5. The van der Waals surface area contributed by atoms with Crippen LogP contribution >= 0.6 is 7.82 Å². The van der Waals surface area contributed by atoms with Gasteiger partial charge in [0.15, 0.2) is 6.10 Å². The van der Waals surface area contributed by atoms with Gasteiger partial charge in [-0.2, -0.15) is 0 Å². The number of nitrogens with two attached hydrogens (primary N) is 1. The summed E-state index contributed by atoms with van der Waals surface area (Å²) >= 11 is 0. The van der Waals surface area contributed by atoms with Gasteiger partial charge in [-0.05, 0) is 83.5 Å². The summed E-state index contributed by atoms with van der Waals surface area (Å²) in [7, 11) is -4.44. The van der Waals surface area contributed by atoms with Gasteiger partial charge in [0.25, 0.3) is 0 Å². The molecular weight excluding hydrogens is 729 g/mol. The summed E-state index contributed by atoms with van der Waals surface area (Å²) < 4.78 is 32.5. The van der Waals surface area contributed by atoms with Crippen LogP contribution in [0.2, 0.25) is 0 Å². The highest BCUT2D eigenvalue weighted by Crippen LogP contribution is 2.43. The predicted molar refractivity (Wildman–Crippen MR) is 230 cm³/mol. The van der Waals surface area contributed by atoms with Crippen molar-refractivity contribution in [1.29, 1.82) is 0 Å². The number of phosphoric acid groups is 1. The van der Waals surface area contributed by atoms with E-state index >= 15 is 0 Å². The molecule has 0 amide bonds. The Balaban J connectivity index is 4.51. The number of rotatable bonds is 36. The highest BCUT2D eigenvalue weighted by Gasteiger charge is 2.25. The summed E-state index contributed by atoms with van der Waals surface area (Å²) in [5, 5.41) is 10.2. The molecule has 0 saturated heterocycles. The van der Waals surface area contributed by atoms with E-state index in [9.17, 15) is 24.2 Å². The van der Waals surface area contributed by atoms with E-state index in [1.807, 2.05) is 12.2 Å². The number of hydrogen-bond donors (Lipinski definition) is 3. The van der Waals surface area contributed by atoms with Crippen LogP contribution in [0.5, 0.6) is 0 Å². The molecule has 0 spiro atoms. The molecule has 0 fully saturated rings. The fourth-order valence-corrected chi connectivity index (χ4v) is 5.45. The molecule has 0 radical (unpaired) electrons. The summed E-state index contributed by atoms with van der Waals surface area (Å²) in [5.74, 6) is -1.07. The van der Waals surface area contributed by atoms with Gasteiger partial charge in [0.05, 0.1) is 19.3 Å². The average molecular weight is 802 g/mol. The highest BCUT2D eigenvalue weighted by atomic mass is 31.2. The molecule has 0 bridgehead atoms. The maximum absolute atomic E-state index is 12.5. The Morgan fingerprint density at radius 3 is 1.82 bits per heavy atom. The Kier molecular flexibility index (Phi) is 37.5. The second-order valence-corrected chi connectivity index (χ2v) is 14.4. The van der Waals surface area contributed by atoms with E-state index in [4.69, 9.17) is 24.3 Å². The lowest BCUT2D eigenvalue weighted by Crippen LogP contribution is -2.29. The zero-order valence-electron chi connectivity index (χ0n) is 34.2. The lowest BCUT2D eigenvalue weighted by molar-refractivity contribution is -0.161. The number of hydrogen-bond acceptors (Lipinski definition) is 9. The second kappa shape index (κ2) is 39.8. The van der Waals surface area contributed by atoms with Crippen LogP contribution in [-0.2, 0) is 32.7 Å². The van der Waals surface area contributed by atoms with Gasteiger partial charge < -0.3 is 25.2 Å². The van der Waals surface area contributed by atoms with Gasteiger partial charge in [-0.1, -0.05) is 136 Å². The molecule has 0 aliphatic rings. The van der Waals surface area contributed by atoms with Gasteiger partial charge in [0.1, 0.15) is 6.61 Å². The van der Waals surface area contributed by atoms with Crippen molar-refractivity contribution in [2.24, 2.45) is 5.73 Å². The number of esters is 2. The van der Waals surface area contributed by atoms with Gasteiger partial charge in [-0.25, -0.2) is 4.57 Å². The van der Waals surface area contributed by atoms with Crippen LogP contribution in [0.15, 0.2) is 109 Å². The first kappa shape index (κ1) is 52.6. The first-order valence-corrected chi connectivity index (χ1v) is 22.0. The molecule has 11 heteroatoms. The van der Waals surface area contributed by atoms with Crippen molar-refractivity contribution in [1.82, 2.24) is 0 Å². The number of aliphatic hydroxyl groups is 1. The maximum Gasteiger partial charge on any atom is 0.472 e. The predicted octanol–water partition coefficient (Wildman–Crippen LogP) is 10.6. The van der Waals surface area contributed by atoms with Crippen molar-refractivity contribution in [2.45, 2.75) is 135 Å². The molecule has 3 atom stereocenters. The molecule has 0 heterocycles. The molecule has 0 aliphatic carbocycles. The van der Waals surface area contributed by atoms with Gasteiger partial charge in [0, 0.05) is 19.4 Å². The molecule has 0 aromatic heterocycles. The molecule has 316 valence electrons. The summed E-state index contributed by atoms with van der Waals surface area (Å²) in [5.41, 5.74) is 5.32. The number of carbonyl (C=O) groups excluding carboxylic acids is 2. The van der Waals surface area contributed by atoms with Crippen LogP contribution in [0.1, 0.15) is 123 Å². The minimum Gasteiger partial charge on any atom is -0.462 e. The number of ether oxygens (including phenoxy) is 2. The Bertz CT molecular complexity index is 1300. The van der Waals surface area contributed by atoms with Gasteiger partial charge >= 0.3 is 19.8 Å². The van der Waals surface area contributed by atoms with Crippen molar-refractivity contribution >= 4 is 19.8 Å². The lowest BCUT2D eigenvalue weighted by atomic mass is 10.1. The number of allylic oxidation sites excluding steroid dienone is 16. The summed E-state index contributed by atoms with van der Waals surface area (Å²) in [6.07, 6.45) is 48.7. The molecule has 56 heavy (non-hydrogen) atoms. The maximum atomic E-state index is 12.5. The third-order valence-corrected chi connectivity index (χ3v) is 8.72. The summed E-state index contributed by atoms with van der Waals surface area (Å²) in [6, 6.07) is 0. The van der Waals surface area contributed by atoms with Crippen LogP contribution in [0, 0.1) is 0 Å². The van der Waals surface area contributed by atoms with Crippen molar-refractivity contribution in [2.75, 3.05) is 26.4 Å². The van der Waals surface area contributed by atoms with E-state index in [-0.39, 0.29) is 32.6 Å². The van der Waals surface area contributed by atoms with Crippen LogP contribution in [-0.4, -0.2) is 60.5 Å². The molecule has 0 aromatic rings. The summed E-state index contributed by atoms with van der Waals surface area (Å²) in [6.45, 7) is 3.30. The average Bonchev–Trinajstić information content (AvgIpc) is 3.18. The zero-order chi connectivity index (χ0) is 41.2. The Morgan fingerprint density at radius 1 is 0.643 bits per heavy atom. The fourth-order valence-electron chi connectivity index (χ4n) is 4.69. The van der Waals surface area contributed by atoms with Crippen molar-refractivity contribution in [3.05, 3.63) is 109 Å². The van der Waals surface area contributed by atoms with Crippen molar-refractivity contribution < 1.29 is 42.7 Å². The minimum atomic E-state index is -4.44. The second-order valence-electron chi connectivity index (χ2n) is 13.0. The van der Waals surface area contributed by atoms with E-state index in [1.54, 1.807) is 24.3 Å². The van der Waals surface area contributed by atoms with E-state index in [0.717, 1.165) is 57.8 Å². The molecule has 0 aliphatic heterocycles. The normalized spacial score (nSPS) is 15.0. The van der Waals surface area contributed by atoms with Crippen LogP contribution in [0.25, 0.3) is 0 Å². The molecule has 2 unspecified atom stereocenters. The van der Waals surface area contributed by atoms with Crippen molar-refractivity contribution in [3.8, 4) is 0 Å². The molecule has 0 aromatic carbocycles.